The van der Waals surface area contributed by atoms with Crippen LogP contribution in [0.3, 0.4) is 0 Å². The summed E-state index contributed by atoms with van der Waals surface area (Å²) < 4.78 is 5.29. The van der Waals surface area contributed by atoms with Crippen molar-refractivity contribution >= 4 is 23.5 Å². The first-order valence-corrected chi connectivity index (χ1v) is 5.51. The average molecular weight is 273 g/mol. The molecule has 6 heteroatoms. The largest absolute Gasteiger partial charge is 0.491 e. The van der Waals surface area contributed by atoms with Crippen molar-refractivity contribution in [2.45, 2.75) is 13.8 Å². The van der Waals surface area contributed by atoms with Gasteiger partial charge in [-0.25, -0.2) is 4.79 Å². The fourth-order valence-electron chi connectivity index (χ4n) is 1.07. The van der Waals surface area contributed by atoms with E-state index in [0.717, 1.165) is 0 Å². The van der Waals surface area contributed by atoms with E-state index in [-0.39, 0.29) is 22.9 Å². The molecular weight excluding hydrogens is 260 g/mol. The second-order valence-electron chi connectivity index (χ2n) is 4.43. The molecule has 0 fully saturated rings. The maximum atomic E-state index is 10.9. The fourth-order valence-corrected chi connectivity index (χ4v) is 1.31. The Labute approximate surface area is 109 Å². The number of halogens is 1. The average Bonchev–Trinajstić information content (AvgIpc) is 2.26. The SMILES string of the molecule is CC(C)(COc1ccc(C(=O)O)cc1Cl)C(=O)O. The number of carboxylic acid groups (broad SMARTS) is 2. The van der Waals surface area contributed by atoms with Gasteiger partial charge in [0, 0.05) is 0 Å². The Bertz CT molecular complexity index is 481. The van der Waals surface area contributed by atoms with Crippen molar-refractivity contribution in [1.29, 1.82) is 0 Å². The van der Waals surface area contributed by atoms with Crippen molar-refractivity contribution in [3.63, 3.8) is 0 Å². The van der Waals surface area contributed by atoms with E-state index in [1.165, 1.54) is 32.0 Å². The van der Waals surface area contributed by atoms with Gasteiger partial charge < -0.3 is 14.9 Å². The van der Waals surface area contributed by atoms with Crippen molar-refractivity contribution in [2.75, 3.05) is 6.61 Å². The fraction of sp³-hybridized carbons (Fsp3) is 0.333. The standard InChI is InChI=1S/C12H13ClO5/c1-12(2,11(16)17)6-18-9-4-3-7(10(14)15)5-8(9)13/h3-5H,6H2,1-2H3,(H,14,15)(H,16,17). The molecule has 0 spiro atoms. The first-order valence-electron chi connectivity index (χ1n) is 5.13. The maximum absolute atomic E-state index is 10.9. The number of benzene rings is 1. The summed E-state index contributed by atoms with van der Waals surface area (Å²) >= 11 is 5.85. The molecule has 0 amide bonds. The third kappa shape index (κ3) is 3.37. The number of rotatable bonds is 5. The smallest absolute Gasteiger partial charge is 0.335 e. The molecule has 98 valence electrons. The number of hydrogen-bond acceptors (Lipinski definition) is 3. The molecule has 0 aromatic heterocycles. The minimum absolute atomic E-state index is 0.0462. The highest BCUT2D eigenvalue weighted by atomic mass is 35.5. The predicted molar refractivity (Wildman–Crippen MR) is 65.3 cm³/mol. The molecule has 2 N–H and O–H groups in total. The second-order valence-corrected chi connectivity index (χ2v) is 4.84. The molecule has 1 aromatic carbocycles. The second kappa shape index (κ2) is 5.27. The summed E-state index contributed by atoms with van der Waals surface area (Å²) in [4.78, 5) is 21.6. The summed E-state index contributed by atoms with van der Waals surface area (Å²) in [6.45, 7) is 2.98. The van der Waals surface area contributed by atoms with Crippen LogP contribution in [-0.2, 0) is 4.79 Å². The highest BCUT2D eigenvalue weighted by Gasteiger charge is 2.28. The molecule has 0 aliphatic carbocycles. The molecule has 0 radical (unpaired) electrons. The molecule has 0 heterocycles. The van der Waals surface area contributed by atoms with Crippen molar-refractivity contribution in [1.82, 2.24) is 0 Å². The first-order chi connectivity index (χ1) is 8.24. The normalized spacial score (nSPS) is 11.1. The molecule has 0 unspecified atom stereocenters. The van der Waals surface area contributed by atoms with E-state index in [9.17, 15) is 9.59 Å². The number of carboxylic acids is 2. The Morgan fingerprint density at radius 3 is 2.39 bits per heavy atom. The lowest BCUT2D eigenvalue weighted by Crippen LogP contribution is -2.30. The highest BCUT2D eigenvalue weighted by Crippen LogP contribution is 2.27. The maximum Gasteiger partial charge on any atom is 0.335 e. The number of aromatic carboxylic acids is 1. The monoisotopic (exact) mass is 272 g/mol. The first kappa shape index (κ1) is 14.3. The zero-order valence-corrected chi connectivity index (χ0v) is 10.7. The summed E-state index contributed by atoms with van der Waals surface area (Å²) in [5.41, 5.74) is -1.00. The lowest BCUT2D eigenvalue weighted by atomic mass is 9.95. The van der Waals surface area contributed by atoms with E-state index in [2.05, 4.69) is 0 Å². The Kier molecular flexibility index (Phi) is 4.19. The van der Waals surface area contributed by atoms with Gasteiger partial charge in [-0.1, -0.05) is 11.6 Å². The van der Waals surface area contributed by atoms with E-state index in [4.69, 9.17) is 26.6 Å². The van der Waals surface area contributed by atoms with E-state index in [0.29, 0.717) is 0 Å². The van der Waals surface area contributed by atoms with Gasteiger partial charge in [-0.3, -0.25) is 4.79 Å². The van der Waals surface area contributed by atoms with Gasteiger partial charge in [0.1, 0.15) is 12.4 Å². The van der Waals surface area contributed by atoms with Crippen LogP contribution < -0.4 is 4.74 Å². The molecule has 5 nitrogen and oxygen atoms in total. The Morgan fingerprint density at radius 1 is 1.33 bits per heavy atom. The number of hydrogen-bond donors (Lipinski definition) is 2. The Balaban J connectivity index is 2.81. The highest BCUT2D eigenvalue weighted by molar-refractivity contribution is 6.32. The van der Waals surface area contributed by atoms with Crippen LogP contribution in [0.5, 0.6) is 5.75 Å². The number of aliphatic carboxylic acids is 1. The van der Waals surface area contributed by atoms with Gasteiger partial charge in [-0.05, 0) is 32.0 Å². The lowest BCUT2D eigenvalue weighted by Gasteiger charge is -2.20. The van der Waals surface area contributed by atoms with E-state index >= 15 is 0 Å². The van der Waals surface area contributed by atoms with E-state index in [1.807, 2.05) is 0 Å². The summed E-state index contributed by atoms with van der Waals surface area (Å²) in [5, 5.41) is 17.8. The van der Waals surface area contributed by atoms with Crippen molar-refractivity contribution in [2.24, 2.45) is 5.41 Å². The minimum atomic E-state index is -1.09. The molecule has 0 aliphatic heterocycles. The van der Waals surface area contributed by atoms with Crippen LogP contribution in [-0.4, -0.2) is 28.8 Å². The van der Waals surface area contributed by atoms with Gasteiger partial charge >= 0.3 is 11.9 Å². The molecule has 0 aliphatic rings. The van der Waals surface area contributed by atoms with Crippen molar-refractivity contribution in [3.05, 3.63) is 28.8 Å². The topological polar surface area (TPSA) is 83.8 Å². The molecule has 0 saturated carbocycles. The van der Waals surface area contributed by atoms with Gasteiger partial charge in [0.15, 0.2) is 0 Å². The molecule has 1 aromatic rings. The van der Waals surface area contributed by atoms with Crippen molar-refractivity contribution in [3.8, 4) is 5.75 Å². The zero-order chi connectivity index (χ0) is 13.9. The van der Waals surface area contributed by atoms with Crippen LogP contribution in [0, 0.1) is 5.41 Å². The molecule has 0 atom stereocenters. The van der Waals surface area contributed by atoms with Crippen LogP contribution in [0.1, 0.15) is 24.2 Å². The quantitative estimate of drug-likeness (QED) is 0.860. The summed E-state index contributed by atoms with van der Waals surface area (Å²) in [6, 6.07) is 4.01. The van der Waals surface area contributed by atoms with Gasteiger partial charge in [0.25, 0.3) is 0 Å². The molecule has 1 rings (SSSR count). The summed E-state index contributed by atoms with van der Waals surface area (Å²) in [6.07, 6.45) is 0. The van der Waals surface area contributed by atoms with Gasteiger partial charge in [-0.15, -0.1) is 0 Å². The molecular formula is C12H13ClO5. The van der Waals surface area contributed by atoms with Crippen LogP contribution >= 0.6 is 11.6 Å². The van der Waals surface area contributed by atoms with Gasteiger partial charge in [0.05, 0.1) is 16.0 Å². The van der Waals surface area contributed by atoms with Crippen LogP contribution in [0.25, 0.3) is 0 Å². The lowest BCUT2D eigenvalue weighted by molar-refractivity contribution is -0.148. The summed E-state index contributed by atoms with van der Waals surface area (Å²) in [5.74, 6) is -1.81. The molecule has 0 bridgehead atoms. The molecule has 0 saturated heterocycles. The number of carbonyl (C=O) groups is 2. The number of ether oxygens (including phenoxy) is 1. The van der Waals surface area contributed by atoms with Gasteiger partial charge in [0.2, 0.25) is 0 Å². The third-order valence-electron chi connectivity index (χ3n) is 2.35. The van der Waals surface area contributed by atoms with Crippen LogP contribution in [0.15, 0.2) is 18.2 Å². The predicted octanol–water partition coefficient (Wildman–Crippen LogP) is 2.53. The zero-order valence-electron chi connectivity index (χ0n) is 9.94. The van der Waals surface area contributed by atoms with Crippen LogP contribution in [0.2, 0.25) is 5.02 Å². The van der Waals surface area contributed by atoms with Crippen LogP contribution in [0.4, 0.5) is 0 Å². The van der Waals surface area contributed by atoms with Gasteiger partial charge in [-0.2, -0.15) is 0 Å². The summed E-state index contributed by atoms with van der Waals surface area (Å²) in [7, 11) is 0. The third-order valence-corrected chi connectivity index (χ3v) is 2.64. The van der Waals surface area contributed by atoms with Crippen molar-refractivity contribution < 1.29 is 24.5 Å². The molecule has 18 heavy (non-hydrogen) atoms. The Hall–Kier alpha value is -1.75. The Morgan fingerprint density at radius 2 is 1.94 bits per heavy atom. The minimum Gasteiger partial charge on any atom is -0.491 e. The van der Waals surface area contributed by atoms with E-state index < -0.39 is 17.4 Å². The van der Waals surface area contributed by atoms with E-state index in [1.54, 1.807) is 0 Å².